The molecule has 0 radical (unpaired) electrons. The molecular formula is C12H12BrNO4S3. The highest BCUT2D eigenvalue weighted by atomic mass is 79.9. The molecule has 2 rings (SSSR count). The fraction of sp³-hybridized carbons (Fsp3) is 0.167. The van der Waals surface area contributed by atoms with E-state index < -0.39 is 19.9 Å². The van der Waals surface area contributed by atoms with Gasteiger partial charge in [-0.1, -0.05) is 6.92 Å². The van der Waals surface area contributed by atoms with Crippen molar-refractivity contribution in [3.05, 3.63) is 40.2 Å². The van der Waals surface area contributed by atoms with Gasteiger partial charge in [0, 0.05) is 5.69 Å². The first kappa shape index (κ1) is 16.5. The molecule has 0 aliphatic heterocycles. The number of thiophene rings is 1. The van der Waals surface area contributed by atoms with Crippen molar-refractivity contribution in [2.45, 2.75) is 16.0 Å². The number of hydrogen-bond acceptors (Lipinski definition) is 5. The van der Waals surface area contributed by atoms with Crippen LogP contribution in [0, 0.1) is 0 Å². The third kappa shape index (κ3) is 3.85. The van der Waals surface area contributed by atoms with E-state index in [1.165, 1.54) is 30.3 Å². The van der Waals surface area contributed by atoms with Crippen LogP contribution in [-0.2, 0) is 19.9 Å². The minimum Gasteiger partial charge on any atom is -0.279 e. The highest BCUT2D eigenvalue weighted by molar-refractivity contribution is 9.11. The molecule has 0 bridgehead atoms. The Hall–Kier alpha value is -0.900. The van der Waals surface area contributed by atoms with Gasteiger partial charge in [0.05, 0.1) is 14.4 Å². The summed E-state index contributed by atoms with van der Waals surface area (Å²) in [6.07, 6.45) is 0. The minimum absolute atomic E-state index is 0.00129. The Morgan fingerprint density at radius 2 is 1.67 bits per heavy atom. The van der Waals surface area contributed by atoms with Gasteiger partial charge in [0.2, 0.25) is 0 Å². The maximum Gasteiger partial charge on any atom is 0.271 e. The van der Waals surface area contributed by atoms with Gasteiger partial charge in [-0.15, -0.1) is 11.3 Å². The monoisotopic (exact) mass is 409 g/mol. The number of anilines is 1. The fourth-order valence-electron chi connectivity index (χ4n) is 1.54. The molecule has 1 aromatic heterocycles. The number of sulfone groups is 1. The molecule has 0 spiro atoms. The van der Waals surface area contributed by atoms with E-state index in [-0.39, 0.29) is 14.9 Å². The summed E-state index contributed by atoms with van der Waals surface area (Å²) in [4.78, 5) is 0.173. The van der Waals surface area contributed by atoms with Crippen LogP contribution in [0.5, 0.6) is 0 Å². The average molecular weight is 410 g/mol. The highest BCUT2D eigenvalue weighted by Gasteiger charge is 2.17. The predicted octanol–water partition coefficient (Wildman–Crippen LogP) is 3.11. The molecule has 9 heteroatoms. The summed E-state index contributed by atoms with van der Waals surface area (Å²) < 4.78 is 50.9. The minimum atomic E-state index is -3.66. The Balaban J connectivity index is 2.25. The molecule has 1 aromatic carbocycles. The first-order chi connectivity index (χ1) is 9.74. The van der Waals surface area contributed by atoms with Crippen molar-refractivity contribution in [3.8, 4) is 0 Å². The van der Waals surface area contributed by atoms with E-state index in [0.717, 1.165) is 11.3 Å². The number of rotatable bonds is 5. The lowest BCUT2D eigenvalue weighted by Crippen LogP contribution is -2.11. The molecule has 0 saturated carbocycles. The van der Waals surface area contributed by atoms with Crippen molar-refractivity contribution in [1.29, 1.82) is 0 Å². The van der Waals surface area contributed by atoms with Crippen LogP contribution in [0.4, 0.5) is 5.69 Å². The third-order valence-electron chi connectivity index (χ3n) is 2.66. The molecule has 0 saturated heterocycles. The molecule has 0 fully saturated rings. The van der Waals surface area contributed by atoms with E-state index in [1.807, 2.05) is 0 Å². The van der Waals surface area contributed by atoms with Crippen LogP contribution in [0.2, 0.25) is 0 Å². The van der Waals surface area contributed by atoms with Gasteiger partial charge < -0.3 is 0 Å². The fourth-order valence-corrected chi connectivity index (χ4v) is 5.50. The predicted molar refractivity (Wildman–Crippen MR) is 87.0 cm³/mol. The van der Waals surface area contributed by atoms with Gasteiger partial charge in [-0.25, -0.2) is 16.8 Å². The zero-order valence-corrected chi connectivity index (χ0v) is 14.9. The molecule has 1 heterocycles. The van der Waals surface area contributed by atoms with Gasteiger partial charge >= 0.3 is 0 Å². The second-order valence-electron chi connectivity index (χ2n) is 4.09. The van der Waals surface area contributed by atoms with E-state index in [0.29, 0.717) is 9.47 Å². The van der Waals surface area contributed by atoms with Crippen LogP contribution in [-0.4, -0.2) is 22.6 Å². The van der Waals surface area contributed by atoms with Crippen LogP contribution in [0.1, 0.15) is 6.92 Å². The molecule has 0 amide bonds. The molecule has 21 heavy (non-hydrogen) atoms. The summed E-state index contributed by atoms with van der Waals surface area (Å²) in [5, 5.41) is 0. The van der Waals surface area contributed by atoms with Crippen LogP contribution in [0.3, 0.4) is 0 Å². The van der Waals surface area contributed by atoms with Gasteiger partial charge in [0.25, 0.3) is 10.0 Å². The smallest absolute Gasteiger partial charge is 0.271 e. The van der Waals surface area contributed by atoms with E-state index in [4.69, 9.17) is 0 Å². The number of nitrogens with one attached hydrogen (secondary N) is 1. The maximum absolute atomic E-state index is 12.1. The summed E-state index contributed by atoms with van der Waals surface area (Å²) >= 11 is 4.30. The van der Waals surface area contributed by atoms with Crippen molar-refractivity contribution in [1.82, 2.24) is 0 Å². The molecule has 0 aliphatic carbocycles. The summed E-state index contributed by atoms with van der Waals surface area (Å²) in [5.41, 5.74) is 0.314. The molecule has 0 aliphatic rings. The Morgan fingerprint density at radius 3 is 2.14 bits per heavy atom. The third-order valence-corrected chi connectivity index (χ3v) is 7.91. The molecular weight excluding hydrogens is 398 g/mol. The zero-order chi connectivity index (χ0) is 15.7. The topological polar surface area (TPSA) is 80.3 Å². The lowest BCUT2D eigenvalue weighted by Gasteiger charge is -2.07. The van der Waals surface area contributed by atoms with Crippen LogP contribution < -0.4 is 4.72 Å². The Kier molecular flexibility index (Phi) is 4.76. The van der Waals surface area contributed by atoms with Crippen LogP contribution in [0.25, 0.3) is 0 Å². The van der Waals surface area contributed by atoms with Crippen molar-refractivity contribution >= 4 is 52.8 Å². The molecule has 5 nitrogen and oxygen atoms in total. The average Bonchev–Trinajstić information content (AvgIpc) is 2.86. The standard InChI is InChI=1S/C12H12BrNO4S3/c1-2-20(15,16)10-5-3-9(4-6-10)14-21(17,18)12-8-7-11(13)19-12/h3-8,14H,2H2,1H3. The van der Waals surface area contributed by atoms with Gasteiger partial charge in [-0.2, -0.15) is 0 Å². The highest BCUT2D eigenvalue weighted by Crippen LogP contribution is 2.27. The molecule has 0 atom stereocenters. The quantitative estimate of drug-likeness (QED) is 0.822. The maximum atomic E-state index is 12.1. The van der Waals surface area contributed by atoms with Crippen molar-refractivity contribution in [2.24, 2.45) is 0 Å². The normalized spacial score (nSPS) is 12.3. The van der Waals surface area contributed by atoms with Crippen LogP contribution >= 0.6 is 27.3 Å². The Bertz CT molecular complexity index is 839. The number of sulfonamides is 1. The van der Waals surface area contributed by atoms with Gasteiger partial charge in [-0.05, 0) is 52.3 Å². The second-order valence-corrected chi connectivity index (χ2v) is 10.7. The molecule has 2 aromatic rings. The van der Waals surface area contributed by atoms with Crippen molar-refractivity contribution in [3.63, 3.8) is 0 Å². The van der Waals surface area contributed by atoms with Gasteiger partial charge in [0.1, 0.15) is 4.21 Å². The summed E-state index contributed by atoms with van der Waals surface area (Å²) in [6, 6.07) is 8.79. The van der Waals surface area contributed by atoms with E-state index >= 15 is 0 Å². The molecule has 114 valence electrons. The summed E-state index contributed by atoms with van der Waals surface area (Å²) in [6.45, 7) is 1.56. The van der Waals surface area contributed by atoms with E-state index in [1.54, 1.807) is 13.0 Å². The first-order valence-corrected chi connectivity index (χ1v) is 10.6. The van der Waals surface area contributed by atoms with E-state index in [2.05, 4.69) is 20.7 Å². The molecule has 1 N–H and O–H groups in total. The zero-order valence-electron chi connectivity index (χ0n) is 10.9. The number of halogens is 1. The lowest BCUT2D eigenvalue weighted by molar-refractivity contribution is 0.597. The summed E-state index contributed by atoms with van der Waals surface area (Å²) in [5.74, 6) is 0.00129. The Labute approximate surface area is 136 Å². The number of hydrogen-bond donors (Lipinski definition) is 1. The van der Waals surface area contributed by atoms with Crippen molar-refractivity contribution < 1.29 is 16.8 Å². The lowest BCUT2D eigenvalue weighted by atomic mass is 10.3. The molecule has 0 unspecified atom stereocenters. The van der Waals surface area contributed by atoms with Crippen molar-refractivity contribution in [2.75, 3.05) is 10.5 Å². The Morgan fingerprint density at radius 1 is 1.05 bits per heavy atom. The number of benzene rings is 1. The van der Waals surface area contributed by atoms with E-state index in [9.17, 15) is 16.8 Å². The largest absolute Gasteiger partial charge is 0.279 e. The summed E-state index contributed by atoms with van der Waals surface area (Å²) in [7, 11) is -6.95. The van der Waals surface area contributed by atoms with Gasteiger partial charge in [0.15, 0.2) is 9.84 Å². The van der Waals surface area contributed by atoms with Crippen LogP contribution in [0.15, 0.2) is 49.3 Å². The van der Waals surface area contributed by atoms with Gasteiger partial charge in [-0.3, -0.25) is 4.72 Å². The first-order valence-electron chi connectivity index (χ1n) is 5.85. The second kappa shape index (κ2) is 6.07. The SMILES string of the molecule is CCS(=O)(=O)c1ccc(NS(=O)(=O)c2ccc(Br)s2)cc1.